The molecule has 1 atom stereocenters. The number of aryl methyl sites for hydroxylation is 3. The molecule has 2 aromatic carbocycles. The number of urea groups is 1. The number of aromatic nitrogens is 2. The number of rotatable bonds is 10. The van der Waals surface area contributed by atoms with Gasteiger partial charge in [0.25, 0.3) is 0 Å². The van der Waals surface area contributed by atoms with Gasteiger partial charge in [-0.25, -0.2) is 4.79 Å². The molecular formula is C34H39N5O2. The van der Waals surface area contributed by atoms with Gasteiger partial charge in [0.05, 0.1) is 24.0 Å². The van der Waals surface area contributed by atoms with Crippen molar-refractivity contribution in [3.8, 4) is 0 Å². The van der Waals surface area contributed by atoms with Crippen molar-refractivity contribution in [2.75, 3.05) is 0 Å². The third-order valence-corrected chi connectivity index (χ3v) is 7.85. The Morgan fingerprint density at radius 3 is 2.51 bits per heavy atom. The molecule has 1 aliphatic carbocycles. The number of hydrogen-bond donors (Lipinski definition) is 3. The molecule has 0 spiro atoms. The summed E-state index contributed by atoms with van der Waals surface area (Å²) in [5, 5.41) is 16.2. The second-order valence-electron chi connectivity index (χ2n) is 10.9. The summed E-state index contributed by atoms with van der Waals surface area (Å²) in [7, 11) is 0. The zero-order valence-corrected chi connectivity index (χ0v) is 23.9. The first-order chi connectivity index (χ1) is 20.0. The highest BCUT2D eigenvalue weighted by molar-refractivity contribution is 5.73. The summed E-state index contributed by atoms with van der Waals surface area (Å²) < 4.78 is 0. The quantitative estimate of drug-likeness (QED) is 0.237. The lowest BCUT2D eigenvalue weighted by Crippen LogP contribution is -2.34. The van der Waals surface area contributed by atoms with E-state index in [0.717, 1.165) is 58.5 Å². The number of amides is 2. The number of aliphatic hydroxyl groups is 1. The maximum absolute atomic E-state index is 12.4. The molecule has 5 rings (SSSR count). The van der Waals surface area contributed by atoms with Gasteiger partial charge in [-0.3, -0.25) is 14.9 Å². The number of nitrogens with zero attached hydrogens (tertiary/aromatic N) is 3. The van der Waals surface area contributed by atoms with Crippen molar-refractivity contribution in [3.05, 3.63) is 129 Å². The van der Waals surface area contributed by atoms with E-state index in [4.69, 9.17) is 9.97 Å². The van der Waals surface area contributed by atoms with Crippen LogP contribution in [-0.4, -0.2) is 26.0 Å². The summed E-state index contributed by atoms with van der Waals surface area (Å²) in [6.45, 7) is 6.33. The fraction of sp³-hybridized carbons (Fsp3) is 0.324. The predicted octanol–water partition coefficient (Wildman–Crippen LogP) is 5.66. The van der Waals surface area contributed by atoms with Gasteiger partial charge in [-0.1, -0.05) is 60.7 Å². The first-order valence-corrected chi connectivity index (χ1v) is 14.4. The Morgan fingerprint density at radius 1 is 0.927 bits per heavy atom. The number of benzene rings is 2. The minimum atomic E-state index is -0.223. The number of nitrogens with one attached hydrogen (secondary N) is 2. The van der Waals surface area contributed by atoms with Gasteiger partial charge < -0.3 is 15.7 Å². The predicted molar refractivity (Wildman–Crippen MR) is 161 cm³/mol. The second kappa shape index (κ2) is 13.5. The van der Waals surface area contributed by atoms with Crippen LogP contribution in [0.3, 0.4) is 0 Å². The fourth-order valence-electron chi connectivity index (χ4n) is 5.65. The largest absolute Gasteiger partial charge is 0.392 e. The molecule has 2 amide bonds. The van der Waals surface area contributed by atoms with E-state index in [2.05, 4.69) is 47.6 Å². The van der Waals surface area contributed by atoms with Crippen LogP contribution in [0.4, 0.5) is 4.79 Å². The number of fused-ring (bicyclic) bond motifs is 1. The van der Waals surface area contributed by atoms with E-state index >= 15 is 0 Å². The summed E-state index contributed by atoms with van der Waals surface area (Å²) in [6.07, 6.45) is 7.03. The Morgan fingerprint density at radius 2 is 1.73 bits per heavy atom. The summed E-state index contributed by atoms with van der Waals surface area (Å²) in [5.74, 6) is 0. The van der Waals surface area contributed by atoms with Crippen LogP contribution < -0.4 is 10.6 Å². The molecule has 4 aromatic rings. The Labute approximate surface area is 242 Å². The summed E-state index contributed by atoms with van der Waals surface area (Å²) in [4.78, 5) is 24.4. The van der Waals surface area contributed by atoms with Crippen molar-refractivity contribution >= 4 is 6.03 Å². The topological polar surface area (TPSA) is 90.4 Å². The first-order valence-electron chi connectivity index (χ1n) is 14.4. The Hall–Kier alpha value is -4.07. The van der Waals surface area contributed by atoms with Gasteiger partial charge in [-0.2, -0.15) is 0 Å². The van der Waals surface area contributed by atoms with Gasteiger partial charge in [-0.15, -0.1) is 0 Å². The molecule has 1 unspecified atom stereocenters. The van der Waals surface area contributed by atoms with Crippen LogP contribution in [0.15, 0.2) is 79.1 Å². The van der Waals surface area contributed by atoms with E-state index in [1.54, 1.807) is 0 Å². The van der Waals surface area contributed by atoms with Crippen LogP contribution in [0.25, 0.3) is 0 Å². The highest BCUT2D eigenvalue weighted by Crippen LogP contribution is 2.35. The molecule has 7 heteroatoms. The Balaban J connectivity index is 1.32. The van der Waals surface area contributed by atoms with Crippen LogP contribution in [0.2, 0.25) is 0 Å². The fourth-order valence-corrected chi connectivity index (χ4v) is 5.65. The normalized spacial score (nSPS) is 14.5. The van der Waals surface area contributed by atoms with Crippen LogP contribution in [0, 0.1) is 13.8 Å². The van der Waals surface area contributed by atoms with Crippen LogP contribution in [0.1, 0.15) is 69.2 Å². The summed E-state index contributed by atoms with van der Waals surface area (Å²) in [5.41, 5.74) is 9.79. The zero-order valence-electron chi connectivity index (χ0n) is 23.9. The number of aliphatic hydroxyl groups excluding tert-OH is 1. The van der Waals surface area contributed by atoms with Gasteiger partial charge >= 0.3 is 6.03 Å². The van der Waals surface area contributed by atoms with Crippen molar-refractivity contribution in [3.63, 3.8) is 0 Å². The maximum atomic E-state index is 12.4. The number of carbonyl (C=O) groups excluding carboxylic acids is 1. The Kier molecular flexibility index (Phi) is 9.39. The molecule has 0 radical (unpaired) electrons. The van der Waals surface area contributed by atoms with Gasteiger partial charge in [0, 0.05) is 38.6 Å². The van der Waals surface area contributed by atoms with Crippen molar-refractivity contribution in [2.45, 2.75) is 71.9 Å². The molecule has 0 bridgehead atoms. The number of carbonyl (C=O) groups is 1. The third-order valence-electron chi connectivity index (χ3n) is 7.85. The minimum absolute atomic E-state index is 0.0709. The molecule has 1 aliphatic rings. The molecule has 2 heterocycles. The lowest BCUT2D eigenvalue weighted by atomic mass is 9.90. The van der Waals surface area contributed by atoms with E-state index < -0.39 is 0 Å². The molecular weight excluding hydrogens is 510 g/mol. The van der Waals surface area contributed by atoms with E-state index in [1.165, 1.54) is 11.1 Å². The first kappa shape index (κ1) is 28.5. The van der Waals surface area contributed by atoms with Crippen molar-refractivity contribution in [2.24, 2.45) is 0 Å². The highest BCUT2D eigenvalue weighted by Gasteiger charge is 2.28. The van der Waals surface area contributed by atoms with Crippen LogP contribution in [-0.2, 0) is 39.2 Å². The molecule has 0 saturated heterocycles. The average molecular weight is 550 g/mol. The van der Waals surface area contributed by atoms with E-state index in [0.29, 0.717) is 26.2 Å². The minimum Gasteiger partial charge on any atom is -0.392 e. The molecule has 0 saturated carbocycles. The highest BCUT2D eigenvalue weighted by atomic mass is 16.3. The van der Waals surface area contributed by atoms with E-state index in [-0.39, 0.29) is 18.7 Å². The smallest absolute Gasteiger partial charge is 0.315 e. The third kappa shape index (κ3) is 7.37. The molecule has 41 heavy (non-hydrogen) atoms. The molecule has 7 nitrogen and oxygen atoms in total. The summed E-state index contributed by atoms with van der Waals surface area (Å²) in [6, 6.07) is 22.3. The van der Waals surface area contributed by atoms with Gasteiger partial charge in [0.2, 0.25) is 0 Å². The summed E-state index contributed by atoms with van der Waals surface area (Å²) >= 11 is 0. The second-order valence-corrected chi connectivity index (χ2v) is 10.9. The lowest BCUT2D eigenvalue weighted by molar-refractivity contribution is 0.153. The standard InChI is InChI=1S/C34H39N5O2/c1-24-16-25(2)31(36-18-24)22-39(32-12-6-10-28-11-7-15-35-33(28)32)21-29-14-13-27(17-30(29)23-40)20-38-34(41)37-19-26-8-4-3-5-9-26/h3-5,7-9,11,13-18,32,40H,6,10,12,19-23H2,1-2H3,(H2,37,38,41). The molecule has 212 valence electrons. The van der Waals surface area contributed by atoms with Crippen LogP contribution >= 0.6 is 0 Å². The van der Waals surface area contributed by atoms with Gasteiger partial charge in [-0.05, 0) is 78.1 Å². The van der Waals surface area contributed by atoms with Gasteiger partial charge in [0.15, 0.2) is 0 Å². The number of pyridine rings is 2. The molecule has 0 aliphatic heterocycles. The molecule has 3 N–H and O–H groups in total. The average Bonchev–Trinajstić information content (AvgIpc) is 3.00. The zero-order chi connectivity index (χ0) is 28.6. The lowest BCUT2D eigenvalue weighted by Gasteiger charge is -2.35. The molecule has 0 fully saturated rings. The van der Waals surface area contributed by atoms with E-state index in [9.17, 15) is 9.90 Å². The van der Waals surface area contributed by atoms with Crippen molar-refractivity contribution < 1.29 is 9.90 Å². The van der Waals surface area contributed by atoms with Crippen molar-refractivity contribution in [1.29, 1.82) is 0 Å². The van der Waals surface area contributed by atoms with Crippen molar-refractivity contribution in [1.82, 2.24) is 25.5 Å². The maximum Gasteiger partial charge on any atom is 0.315 e. The molecule has 2 aromatic heterocycles. The Bertz CT molecular complexity index is 1470. The monoisotopic (exact) mass is 549 g/mol. The van der Waals surface area contributed by atoms with Gasteiger partial charge in [0.1, 0.15) is 0 Å². The van der Waals surface area contributed by atoms with E-state index in [1.807, 2.05) is 60.9 Å². The number of hydrogen-bond acceptors (Lipinski definition) is 5. The van der Waals surface area contributed by atoms with Crippen LogP contribution in [0.5, 0.6) is 0 Å². The SMILES string of the molecule is Cc1cnc(CN(Cc2ccc(CNC(=O)NCc3ccccc3)cc2CO)C2CCCc3cccnc32)c(C)c1.